The summed E-state index contributed by atoms with van der Waals surface area (Å²) in [5, 5.41) is 8.92. The van der Waals surface area contributed by atoms with E-state index in [0.29, 0.717) is 34.1 Å². The molecule has 0 bridgehead atoms. The van der Waals surface area contributed by atoms with Crippen LogP contribution in [0.1, 0.15) is 57.4 Å². The molecule has 0 amide bonds. The van der Waals surface area contributed by atoms with Crippen molar-refractivity contribution in [1.82, 2.24) is 24.5 Å². The molecule has 11 nitrogen and oxygen atoms in total. The SMILES string of the molecule is Cl.Cl.NC1CCC(Nc2nc(Nc3ccc(S(=O)(=O)Nc4nccs4)cc3)c3ncn(C4CCCC4)c3n2)CC1. The van der Waals surface area contributed by atoms with Crippen LogP contribution in [0.4, 0.5) is 22.6 Å². The van der Waals surface area contributed by atoms with Crippen LogP contribution in [0.25, 0.3) is 11.2 Å². The minimum Gasteiger partial charge on any atom is -0.351 e. The second-order valence-electron chi connectivity index (χ2n) is 10.0. The average molecular weight is 627 g/mol. The van der Waals surface area contributed by atoms with Gasteiger partial charge in [-0.05, 0) is 62.8 Å². The number of imidazole rings is 1. The number of anilines is 4. The van der Waals surface area contributed by atoms with Crippen LogP contribution in [0.15, 0.2) is 47.1 Å². The van der Waals surface area contributed by atoms with Gasteiger partial charge in [-0.1, -0.05) is 12.8 Å². The van der Waals surface area contributed by atoms with Gasteiger partial charge in [0.05, 0.1) is 11.2 Å². The molecular formula is C25H33Cl2N9O2S2. The molecule has 3 heterocycles. The monoisotopic (exact) mass is 625 g/mol. The van der Waals surface area contributed by atoms with E-state index in [1.54, 1.807) is 35.8 Å². The summed E-state index contributed by atoms with van der Waals surface area (Å²) in [5.74, 6) is 1.14. The third kappa shape index (κ3) is 6.60. The van der Waals surface area contributed by atoms with Gasteiger partial charge in [-0.15, -0.1) is 36.2 Å². The molecule has 5 N–H and O–H groups in total. The summed E-state index contributed by atoms with van der Waals surface area (Å²) in [7, 11) is -3.73. The number of aromatic nitrogens is 5. The zero-order chi connectivity index (χ0) is 26.1. The minimum atomic E-state index is -3.73. The third-order valence-corrected chi connectivity index (χ3v) is 9.50. The zero-order valence-corrected chi connectivity index (χ0v) is 25.0. The van der Waals surface area contributed by atoms with Gasteiger partial charge in [0.1, 0.15) is 0 Å². The van der Waals surface area contributed by atoms with Crippen LogP contribution in [-0.2, 0) is 10.0 Å². The highest BCUT2D eigenvalue weighted by Crippen LogP contribution is 2.34. The maximum absolute atomic E-state index is 12.7. The Morgan fingerprint density at radius 1 is 0.950 bits per heavy atom. The highest BCUT2D eigenvalue weighted by atomic mass is 35.5. The number of thiazole rings is 1. The van der Waals surface area contributed by atoms with Gasteiger partial charge in [-0.25, -0.2) is 18.4 Å². The molecule has 2 saturated carbocycles. The van der Waals surface area contributed by atoms with Gasteiger partial charge in [0.15, 0.2) is 22.1 Å². The average Bonchev–Trinajstić information content (AvgIpc) is 3.68. The molecule has 6 rings (SSSR count). The molecule has 4 aromatic rings. The fraction of sp³-hybridized carbons (Fsp3) is 0.440. The van der Waals surface area contributed by atoms with Crippen LogP contribution in [0, 0.1) is 0 Å². The third-order valence-electron chi connectivity index (χ3n) is 7.33. The number of halogens is 2. The predicted octanol–water partition coefficient (Wildman–Crippen LogP) is 5.47. The maximum atomic E-state index is 12.7. The molecule has 0 unspecified atom stereocenters. The van der Waals surface area contributed by atoms with Gasteiger partial charge in [0, 0.05) is 35.4 Å². The van der Waals surface area contributed by atoms with Crippen molar-refractivity contribution in [2.45, 2.75) is 74.4 Å². The minimum absolute atomic E-state index is 0. The Labute approximate surface area is 249 Å². The molecule has 0 saturated heterocycles. The van der Waals surface area contributed by atoms with Crippen molar-refractivity contribution < 1.29 is 8.42 Å². The molecule has 0 radical (unpaired) electrons. The largest absolute Gasteiger partial charge is 0.351 e. The zero-order valence-electron chi connectivity index (χ0n) is 21.7. The van der Waals surface area contributed by atoms with E-state index >= 15 is 0 Å². The molecule has 0 atom stereocenters. The van der Waals surface area contributed by atoms with Crippen molar-refractivity contribution >= 4 is 79.9 Å². The molecule has 0 spiro atoms. The summed E-state index contributed by atoms with van der Waals surface area (Å²) >= 11 is 1.23. The standard InChI is InChI=1S/C25H31N9O2S2.2ClH/c26-16-5-7-18(8-6-16)30-24-31-22(21-23(32-24)34(15-28-21)19-3-1-2-4-19)29-17-9-11-20(12-10-17)38(35,36)33-25-27-13-14-37-25;;/h9-16,18-19H,1-8,26H2,(H,27,33)(H2,29,30,31,32);2*1H. The van der Waals surface area contributed by atoms with E-state index in [4.69, 9.17) is 15.7 Å². The van der Waals surface area contributed by atoms with E-state index in [1.165, 1.54) is 24.2 Å². The van der Waals surface area contributed by atoms with Crippen molar-refractivity contribution in [2.75, 3.05) is 15.4 Å². The van der Waals surface area contributed by atoms with E-state index in [-0.39, 0.29) is 41.8 Å². The molecule has 40 heavy (non-hydrogen) atoms. The molecule has 15 heteroatoms. The Bertz CT molecular complexity index is 1500. The van der Waals surface area contributed by atoms with Crippen molar-refractivity contribution in [3.63, 3.8) is 0 Å². The molecule has 216 valence electrons. The Balaban J connectivity index is 0.00000185. The first-order valence-corrected chi connectivity index (χ1v) is 15.4. The van der Waals surface area contributed by atoms with Crippen LogP contribution < -0.4 is 21.1 Å². The lowest BCUT2D eigenvalue weighted by Crippen LogP contribution is -2.33. The highest BCUT2D eigenvalue weighted by Gasteiger charge is 2.24. The fourth-order valence-electron chi connectivity index (χ4n) is 5.27. The Morgan fingerprint density at radius 2 is 1.68 bits per heavy atom. The maximum Gasteiger partial charge on any atom is 0.263 e. The number of benzene rings is 1. The Hall–Kier alpha value is -2.71. The summed E-state index contributed by atoms with van der Waals surface area (Å²) in [6.45, 7) is 0. The summed E-state index contributed by atoms with van der Waals surface area (Å²) < 4.78 is 30.1. The van der Waals surface area contributed by atoms with Crippen LogP contribution in [-0.4, -0.2) is 45.0 Å². The molecule has 2 fully saturated rings. The quantitative estimate of drug-likeness (QED) is 0.200. The number of nitrogens with one attached hydrogen (secondary N) is 3. The van der Waals surface area contributed by atoms with Crippen molar-refractivity contribution in [1.29, 1.82) is 0 Å². The molecular weight excluding hydrogens is 593 g/mol. The van der Waals surface area contributed by atoms with Crippen LogP contribution in [0.3, 0.4) is 0 Å². The predicted molar refractivity (Wildman–Crippen MR) is 164 cm³/mol. The summed E-state index contributed by atoms with van der Waals surface area (Å²) in [6, 6.07) is 7.47. The Kier molecular flexibility index (Phi) is 9.72. The van der Waals surface area contributed by atoms with Gasteiger partial charge >= 0.3 is 0 Å². The Morgan fingerprint density at radius 3 is 2.35 bits per heavy atom. The number of fused-ring (bicyclic) bond motifs is 1. The number of rotatable bonds is 8. The molecule has 1 aromatic carbocycles. The van der Waals surface area contributed by atoms with Crippen molar-refractivity contribution in [3.8, 4) is 0 Å². The number of sulfonamides is 1. The number of nitrogens with zero attached hydrogens (tertiary/aromatic N) is 5. The van der Waals surface area contributed by atoms with Gasteiger partial charge in [-0.3, -0.25) is 4.72 Å². The van der Waals surface area contributed by atoms with Crippen molar-refractivity contribution in [3.05, 3.63) is 42.2 Å². The highest BCUT2D eigenvalue weighted by molar-refractivity contribution is 7.93. The summed E-state index contributed by atoms with van der Waals surface area (Å²) in [5.41, 5.74) is 8.29. The molecule has 2 aliphatic rings. The first-order chi connectivity index (χ1) is 18.4. The lowest BCUT2D eigenvalue weighted by atomic mass is 9.92. The fourth-order valence-corrected chi connectivity index (χ4v) is 7.05. The molecule has 0 aliphatic heterocycles. The van der Waals surface area contributed by atoms with Crippen molar-refractivity contribution in [2.24, 2.45) is 5.73 Å². The van der Waals surface area contributed by atoms with Gasteiger partial charge in [0.25, 0.3) is 10.0 Å². The second kappa shape index (κ2) is 12.9. The smallest absolute Gasteiger partial charge is 0.263 e. The topological polar surface area (TPSA) is 153 Å². The number of nitrogens with two attached hydrogens (primary N) is 1. The number of hydrogen-bond donors (Lipinski definition) is 4. The summed E-state index contributed by atoms with van der Waals surface area (Å²) in [6.07, 6.45) is 12.0. The van der Waals surface area contributed by atoms with Gasteiger partial charge in [0.2, 0.25) is 5.95 Å². The molecule has 3 aromatic heterocycles. The normalized spacial score (nSPS) is 19.5. The second-order valence-corrected chi connectivity index (χ2v) is 12.6. The van der Waals surface area contributed by atoms with E-state index in [0.717, 1.165) is 44.2 Å². The molecule has 2 aliphatic carbocycles. The van der Waals surface area contributed by atoms with Crippen LogP contribution in [0.5, 0.6) is 0 Å². The van der Waals surface area contributed by atoms with E-state index in [9.17, 15) is 8.42 Å². The lowest BCUT2D eigenvalue weighted by molar-refractivity contribution is 0.410. The van der Waals surface area contributed by atoms with Crippen LogP contribution >= 0.6 is 36.2 Å². The summed E-state index contributed by atoms with van der Waals surface area (Å²) in [4.78, 5) is 18.5. The van der Waals surface area contributed by atoms with Gasteiger partial charge in [-0.2, -0.15) is 9.97 Å². The van der Waals surface area contributed by atoms with Gasteiger partial charge < -0.3 is 20.9 Å². The van der Waals surface area contributed by atoms with E-state index in [2.05, 4.69) is 29.9 Å². The first-order valence-electron chi connectivity index (χ1n) is 13.0. The van der Waals surface area contributed by atoms with Crippen LogP contribution in [0.2, 0.25) is 0 Å². The lowest BCUT2D eigenvalue weighted by Gasteiger charge is -2.27. The first kappa shape index (κ1) is 30.3. The van der Waals surface area contributed by atoms with E-state index < -0.39 is 10.0 Å². The van der Waals surface area contributed by atoms with E-state index in [1.807, 2.05) is 6.33 Å². The number of hydrogen-bond acceptors (Lipinski definition) is 10.